The maximum Gasteiger partial charge on any atom is 0.0720 e. The van der Waals surface area contributed by atoms with Gasteiger partial charge in [0.25, 0.3) is 0 Å². The van der Waals surface area contributed by atoms with E-state index in [0.29, 0.717) is 5.92 Å². The van der Waals surface area contributed by atoms with E-state index in [9.17, 15) is 0 Å². The molecular weight excluding hydrogens is 174 g/mol. The summed E-state index contributed by atoms with van der Waals surface area (Å²) in [5.74, 6) is 0.630. The normalized spacial score (nSPS) is 25.3. The van der Waals surface area contributed by atoms with Crippen LogP contribution in [0.4, 0.5) is 0 Å². The molecule has 0 saturated heterocycles. The SMILES string of the molecule is c1cc2c3c(c1)COCC3CCNC2. The Balaban J connectivity index is 2.14. The molecule has 0 amide bonds. The topological polar surface area (TPSA) is 21.3 Å². The first-order valence-corrected chi connectivity index (χ1v) is 5.34. The minimum Gasteiger partial charge on any atom is -0.376 e. The molecule has 0 fully saturated rings. The van der Waals surface area contributed by atoms with Crippen LogP contribution in [0.2, 0.25) is 0 Å². The maximum absolute atomic E-state index is 5.62. The van der Waals surface area contributed by atoms with Crippen LogP contribution < -0.4 is 5.32 Å². The molecule has 0 aliphatic carbocycles. The average molecular weight is 189 g/mol. The van der Waals surface area contributed by atoms with Gasteiger partial charge in [0, 0.05) is 12.5 Å². The Morgan fingerprint density at radius 1 is 1.29 bits per heavy atom. The highest BCUT2D eigenvalue weighted by atomic mass is 16.5. The van der Waals surface area contributed by atoms with Gasteiger partial charge >= 0.3 is 0 Å². The van der Waals surface area contributed by atoms with E-state index in [1.807, 2.05) is 0 Å². The summed E-state index contributed by atoms with van der Waals surface area (Å²) in [7, 11) is 0. The van der Waals surface area contributed by atoms with Crippen LogP contribution in [0.3, 0.4) is 0 Å². The van der Waals surface area contributed by atoms with Crippen LogP contribution in [0.15, 0.2) is 18.2 Å². The van der Waals surface area contributed by atoms with Crippen molar-refractivity contribution in [1.82, 2.24) is 5.32 Å². The van der Waals surface area contributed by atoms with Crippen molar-refractivity contribution in [2.75, 3.05) is 13.2 Å². The first-order chi connectivity index (χ1) is 6.95. The summed E-state index contributed by atoms with van der Waals surface area (Å²) in [5.41, 5.74) is 4.46. The summed E-state index contributed by atoms with van der Waals surface area (Å²) in [6.07, 6.45) is 1.21. The standard InChI is InChI=1S/C12H15NO/c1-2-9-6-13-5-4-11-8-14-7-10(3-1)12(9)11/h1-3,11,13H,4-8H2. The van der Waals surface area contributed by atoms with Crippen molar-refractivity contribution >= 4 is 0 Å². The van der Waals surface area contributed by atoms with E-state index >= 15 is 0 Å². The second kappa shape index (κ2) is 3.37. The van der Waals surface area contributed by atoms with Crippen LogP contribution in [0, 0.1) is 0 Å². The fourth-order valence-electron chi connectivity index (χ4n) is 2.59. The summed E-state index contributed by atoms with van der Waals surface area (Å²) in [6.45, 7) is 3.85. The van der Waals surface area contributed by atoms with Gasteiger partial charge in [-0.05, 0) is 29.7 Å². The molecule has 0 saturated carbocycles. The molecule has 1 N–H and O–H groups in total. The van der Waals surface area contributed by atoms with Crippen molar-refractivity contribution in [3.63, 3.8) is 0 Å². The van der Waals surface area contributed by atoms with Gasteiger partial charge in [-0.25, -0.2) is 0 Å². The zero-order valence-electron chi connectivity index (χ0n) is 8.25. The molecule has 2 aliphatic heterocycles. The number of hydrogen-bond donors (Lipinski definition) is 1. The smallest absolute Gasteiger partial charge is 0.0720 e. The van der Waals surface area contributed by atoms with E-state index in [-0.39, 0.29) is 0 Å². The van der Waals surface area contributed by atoms with Crippen molar-refractivity contribution in [3.8, 4) is 0 Å². The van der Waals surface area contributed by atoms with Gasteiger partial charge in [0.2, 0.25) is 0 Å². The molecule has 1 unspecified atom stereocenters. The van der Waals surface area contributed by atoms with Crippen molar-refractivity contribution < 1.29 is 4.74 Å². The average Bonchev–Trinajstić information content (AvgIpc) is 2.44. The number of ether oxygens (including phenoxy) is 1. The second-order valence-electron chi connectivity index (χ2n) is 4.17. The van der Waals surface area contributed by atoms with Crippen LogP contribution >= 0.6 is 0 Å². The highest BCUT2D eigenvalue weighted by Gasteiger charge is 2.24. The molecule has 0 radical (unpaired) electrons. The largest absolute Gasteiger partial charge is 0.376 e. The number of benzene rings is 1. The second-order valence-corrected chi connectivity index (χ2v) is 4.17. The monoisotopic (exact) mass is 189 g/mol. The Bertz CT molecular complexity index is 348. The zero-order chi connectivity index (χ0) is 9.38. The maximum atomic E-state index is 5.62. The molecule has 14 heavy (non-hydrogen) atoms. The van der Waals surface area contributed by atoms with Gasteiger partial charge in [0.05, 0.1) is 13.2 Å². The van der Waals surface area contributed by atoms with Crippen molar-refractivity contribution in [2.24, 2.45) is 0 Å². The molecule has 2 aliphatic rings. The minimum atomic E-state index is 0.630. The van der Waals surface area contributed by atoms with Crippen LogP contribution in [-0.2, 0) is 17.9 Å². The molecule has 2 heterocycles. The summed E-state index contributed by atoms with van der Waals surface area (Å²) in [6, 6.07) is 6.60. The van der Waals surface area contributed by atoms with Gasteiger partial charge in [0.15, 0.2) is 0 Å². The molecule has 3 rings (SSSR count). The van der Waals surface area contributed by atoms with E-state index in [0.717, 1.165) is 26.3 Å². The first-order valence-electron chi connectivity index (χ1n) is 5.34. The van der Waals surface area contributed by atoms with Crippen LogP contribution in [0.25, 0.3) is 0 Å². The fraction of sp³-hybridized carbons (Fsp3) is 0.500. The molecular formula is C12H15NO. The molecule has 74 valence electrons. The Morgan fingerprint density at radius 3 is 3.21 bits per heavy atom. The lowest BCUT2D eigenvalue weighted by molar-refractivity contribution is 0.0894. The first kappa shape index (κ1) is 8.45. The van der Waals surface area contributed by atoms with Crippen LogP contribution in [0.5, 0.6) is 0 Å². The third kappa shape index (κ3) is 1.26. The van der Waals surface area contributed by atoms with Gasteiger partial charge < -0.3 is 10.1 Å². The fourth-order valence-corrected chi connectivity index (χ4v) is 2.59. The quantitative estimate of drug-likeness (QED) is 0.672. The van der Waals surface area contributed by atoms with Gasteiger partial charge in [-0.1, -0.05) is 18.2 Å². The third-order valence-corrected chi connectivity index (χ3v) is 3.26. The Kier molecular flexibility index (Phi) is 2.03. The predicted octanol–water partition coefficient (Wildman–Crippen LogP) is 1.79. The van der Waals surface area contributed by atoms with Crippen molar-refractivity contribution in [3.05, 3.63) is 34.9 Å². The minimum absolute atomic E-state index is 0.630. The number of rotatable bonds is 0. The third-order valence-electron chi connectivity index (χ3n) is 3.26. The molecule has 0 aromatic heterocycles. The molecule has 2 nitrogen and oxygen atoms in total. The molecule has 1 aromatic carbocycles. The Hall–Kier alpha value is -0.860. The van der Waals surface area contributed by atoms with Crippen LogP contribution in [-0.4, -0.2) is 13.2 Å². The summed E-state index contributed by atoms with van der Waals surface area (Å²) >= 11 is 0. The molecule has 0 spiro atoms. The van der Waals surface area contributed by atoms with E-state index in [1.54, 1.807) is 5.56 Å². The van der Waals surface area contributed by atoms with Crippen LogP contribution in [0.1, 0.15) is 29.0 Å². The molecule has 1 atom stereocenters. The molecule has 2 heteroatoms. The summed E-state index contributed by atoms with van der Waals surface area (Å²) in [5, 5.41) is 3.47. The summed E-state index contributed by atoms with van der Waals surface area (Å²) in [4.78, 5) is 0. The lowest BCUT2D eigenvalue weighted by Crippen LogP contribution is -2.18. The van der Waals surface area contributed by atoms with Gasteiger partial charge in [-0.2, -0.15) is 0 Å². The molecule has 0 bridgehead atoms. The molecule has 1 aromatic rings. The number of nitrogens with one attached hydrogen (secondary N) is 1. The highest BCUT2D eigenvalue weighted by molar-refractivity contribution is 5.39. The Labute approximate surface area is 84.3 Å². The van der Waals surface area contributed by atoms with E-state index in [4.69, 9.17) is 4.74 Å². The van der Waals surface area contributed by atoms with Crippen molar-refractivity contribution in [2.45, 2.75) is 25.5 Å². The van der Waals surface area contributed by atoms with E-state index < -0.39 is 0 Å². The number of hydrogen-bond acceptors (Lipinski definition) is 2. The van der Waals surface area contributed by atoms with Gasteiger partial charge in [0.1, 0.15) is 0 Å². The lowest BCUT2D eigenvalue weighted by atomic mass is 9.88. The van der Waals surface area contributed by atoms with Crippen molar-refractivity contribution in [1.29, 1.82) is 0 Å². The zero-order valence-corrected chi connectivity index (χ0v) is 8.25. The Morgan fingerprint density at radius 2 is 2.21 bits per heavy atom. The summed E-state index contributed by atoms with van der Waals surface area (Å²) < 4.78 is 5.62. The van der Waals surface area contributed by atoms with Gasteiger partial charge in [-0.15, -0.1) is 0 Å². The van der Waals surface area contributed by atoms with E-state index in [1.165, 1.54) is 17.5 Å². The predicted molar refractivity (Wildman–Crippen MR) is 55.2 cm³/mol. The lowest BCUT2D eigenvalue weighted by Gasteiger charge is -2.26. The van der Waals surface area contributed by atoms with Gasteiger partial charge in [-0.3, -0.25) is 0 Å². The van der Waals surface area contributed by atoms with E-state index in [2.05, 4.69) is 23.5 Å². The highest BCUT2D eigenvalue weighted by Crippen LogP contribution is 2.33.